The van der Waals surface area contributed by atoms with E-state index in [0.717, 1.165) is 30.2 Å². The van der Waals surface area contributed by atoms with Crippen LogP contribution in [0, 0.1) is 0 Å². The number of hydrogen-bond acceptors (Lipinski definition) is 4. The molecule has 1 aliphatic heterocycles. The number of likely N-dealkylation sites (N-methyl/N-ethyl adjacent to an activating group) is 1. The summed E-state index contributed by atoms with van der Waals surface area (Å²) in [6.45, 7) is 1.30. The number of likely N-dealkylation sites (tertiary alicyclic amines) is 1. The third kappa shape index (κ3) is 2.54. The predicted octanol–water partition coefficient (Wildman–Crippen LogP) is -0.347. The molecule has 2 rings (SSSR count). The summed E-state index contributed by atoms with van der Waals surface area (Å²) in [5.74, 6) is -0.155. The van der Waals surface area contributed by atoms with E-state index in [4.69, 9.17) is 0 Å². The Labute approximate surface area is 106 Å². The lowest BCUT2D eigenvalue weighted by atomic mass is 10.4. The van der Waals surface area contributed by atoms with Crippen LogP contribution in [0.1, 0.15) is 12.8 Å². The Hall–Kier alpha value is -1.41. The number of carbonyl (C=O) groups is 1. The van der Waals surface area contributed by atoms with Crippen LogP contribution in [0.15, 0.2) is 17.6 Å². The summed E-state index contributed by atoms with van der Waals surface area (Å²) in [6, 6.07) is 0. The number of aromatic amines is 1. The van der Waals surface area contributed by atoms with Gasteiger partial charge in [0.05, 0.1) is 19.1 Å². The molecule has 1 amide bonds. The molecule has 18 heavy (non-hydrogen) atoms. The van der Waals surface area contributed by atoms with Gasteiger partial charge in [0.2, 0.25) is 5.91 Å². The number of nitrogens with one attached hydrogen (secondary N) is 1. The van der Waals surface area contributed by atoms with Crippen molar-refractivity contribution in [2.75, 3.05) is 26.7 Å². The second-order valence-electron chi connectivity index (χ2n) is 4.26. The van der Waals surface area contributed by atoms with Crippen molar-refractivity contribution in [1.82, 2.24) is 19.2 Å². The summed E-state index contributed by atoms with van der Waals surface area (Å²) < 4.78 is 25.1. The monoisotopic (exact) mass is 272 g/mol. The lowest BCUT2D eigenvalue weighted by Crippen LogP contribution is -2.39. The minimum absolute atomic E-state index is 0.000720. The zero-order valence-corrected chi connectivity index (χ0v) is 11.0. The van der Waals surface area contributed by atoms with Crippen LogP contribution in [-0.4, -0.2) is 60.2 Å². The van der Waals surface area contributed by atoms with E-state index in [2.05, 4.69) is 9.97 Å². The first-order valence-corrected chi connectivity index (χ1v) is 7.18. The van der Waals surface area contributed by atoms with Gasteiger partial charge in [-0.2, -0.15) is 4.31 Å². The predicted molar refractivity (Wildman–Crippen MR) is 64.2 cm³/mol. The molecule has 0 saturated carbocycles. The second kappa shape index (κ2) is 5.07. The summed E-state index contributed by atoms with van der Waals surface area (Å²) in [5, 5.41) is -0.000720. The maximum atomic E-state index is 12.0. The van der Waals surface area contributed by atoms with Crippen LogP contribution in [0.4, 0.5) is 0 Å². The molecule has 0 spiro atoms. The van der Waals surface area contributed by atoms with Gasteiger partial charge >= 0.3 is 0 Å². The smallest absolute Gasteiger partial charge is 0.260 e. The van der Waals surface area contributed by atoms with Crippen molar-refractivity contribution in [3.05, 3.63) is 12.5 Å². The Morgan fingerprint density at radius 3 is 2.72 bits per heavy atom. The second-order valence-corrected chi connectivity index (χ2v) is 6.28. The van der Waals surface area contributed by atoms with Crippen molar-refractivity contribution in [3.8, 4) is 0 Å². The summed E-state index contributed by atoms with van der Waals surface area (Å²) in [7, 11) is -2.26. The first kappa shape index (κ1) is 13.0. The number of H-pyrrole nitrogens is 1. The molecular weight excluding hydrogens is 256 g/mol. The SMILES string of the molecule is CN(CC(=O)N1CCCC1)S(=O)(=O)c1cnc[nH]1. The number of amides is 1. The number of hydrogen-bond donors (Lipinski definition) is 1. The number of carbonyl (C=O) groups excluding carboxylic acids is 1. The van der Waals surface area contributed by atoms with Crippen molar-refractivity contribution < 1.29 is 13.2 Å². The molecular formula is C10H16N4O3S. The van der Waals surface area contributed by atoms with Gasteiger partial charge in [0, 0.05) is 20.1 Å². The van der Waals surface area contributed by atoms with Gasteiger partial charge in [-0.1, -0.05) is 0 Å². The van der Waals surface area contributed by atoms with E-state index in [0.29, 0.717) is 0 Å². The summed E-state index contributed by atoms with van der Waals surface area (Å²) >= 11 is 0. The quantitative estimate of drug-likeness (QED) is 0.812. The number of imidazole rings is 1. The zero-order valence-electron chi connectivity index (χ0n) is 10.2. The maximum absolute atomic E-state index is 12.0. The molecule has 0 aromatic carbocycles. The number of sulfonamides is 1. The molecule has 0 bridgehead atoms. The van der Waals surface area contributed by atoms with Gasteiger partial charge in [-0.15, -0.1) is 0 Å². The highest BCUT2D eigenvalue weighted by atomic mass is 32.2. The van der Waals surface area contributed by atoms with Gasteiger partial charge in [-0.05, 0) is 12.8 Å². The molecule has 1 aromatic heterocycles. The fourth-order valence-corrected chi connectivity index (χ4v) is 2.91. The molecule has 0 atom stereocenters. The topological polar surface area (TPSA) is 86.4 Å². The minimum Gasteiger partial charge on any atom is -0.342 e. The number of nitrogens with zero attached hydrogens (tertiary/aromatic N) is 3. The van der Waals surface area contributed by atoms with Crippen LogP contribution in [0.25, 0.3) is 0 Å². The highest BCUT2D eigenvalue weighted by Gasteiger charge is 2.27. The zero-order chi connectivity index (χ0) is 13.2. The van der Waals surface area contributed by atoms with Crippen LogP contribution >= 0.6 is 0 Å². The normalized spacial score (nSPS) is 16.4. The Kier molecular flexibility index (Phi) is 3.67. The third-order valence-corrected chi connectivity index (χ3v) is 4.71. The largest absolute Gasteiger partial charge is 0.342 e. The number of rotatable bonds is 4. The van der Waals surface area contributed by atoms with Crippen LogP contribution in [-0.2, 0) is 14.8 Å². The molecule has 1 saturated heterocycles. The Morgan fingerprint density at radius 2 is 2.17 bits per heavy atom. The molecule has 100 valence electrons. The Bertz CT molecular complexity index is 505. The van der Waals surface area contributed by atoms with E-state index in [1.807, 2.05) is 0 Å². The molecule has 1 fully saturated rings. The van der Waals surface area contributed by atoms with E-state index >= 15 is 0 Å². The fourth-order valence-electron chi connectivity index (χ4n) is 1.89. The van der Waals surface area contributed by atoms with Gasteiger partial charge in [0.25, 0.3) is 10.0 Å². The van der Waals surface area contributed by atoms with Gasteiger partial charge in [-0.3, -0.25) is 4.79 Å². The molecule has 1 aromatic rings. The van der Waals surface area contributed by atoms with Gasteiger partial charge in [-0.25, -0.2) is 13.4 Å². The molecule has 1 N–H and O–H groups in total. The van der Waals surface area contributed by atoms with Crippen LogP contribution in [0.2, 0.25) is 0 Å². The molecule has 8 heteroatoms. The van der Waals surface area contributed by atoms with Crippen LogP contribution in [0.3, 0.4) is 0 Å². The van der Waals surface area contributed by atoms with Gasteiger partial charge in [0.1, 0.15) is 0 Å². The molecule has 7 nitrogen and oxygen atoms in total. The first-order chi connectivity index (χ1) is 8.51. The maximum Gasteiger partial charge on any atom is 0.260 e. The van der Waals surface area contributed by atoms with Crippen LogP contribution < -0.4 is 0 Å². The Morgan fingerprint density at radius 1 is 1.50 bits per heavy atom. The highest BCUT2D eigenvalue weighted by molar-refractivity contribution is 7.89. The van der Waals surface area contributed by atoms with Crippen molar-refractivity contribution in [2.24, 2.45) is 0 Å². The summed E-state index contributed by atoms with van der Waals surface area (Å²) in [4.78, 5) is 19.8. The number of aromatic nitrogens is 2. The molecule has 2 heterocycles. The summed E-state index contributed by atoms with van der Waals surface area (Å²) in [5.41, 5.74) is 0. The van der Waals surface area contributed by atoms with E-state index in [1.165, 1.54) is 19.6 Å². The third-order valence-electron chi connectivity index (χ3n) is 2.98. The van der Waals surface area contributed by atoms with Crippen molar-refractivity contribution in [3.63, 3.8) is 0 Å². The van der Waals surface area contributed by atoms with Gasteiger partial charge < -0.3 is 9.88 Å². The minimum atomic E-state index is -3.65. The lowest BCUT2D eigenvalue weighted by molar-refractivity contribution is -0.130. The van der Waals surface area contributed by atoms with Crippen LogP contribution in [0.5, 0.6) is 0 Å². The average Bonchev–Trinajstić information content (AvgIpc) is 3.02. The van der Waals surface area contributed by atoms with Crippen molar-refractivity contribution in [1.29, 1.82) is 0 Å². The highest BCUT2D eigenvalue weighted by Crippen LogP contribution is 2.12. The molecule has 1 aliphatic rings. The molecule has 0 aliphatic carbocycles. The van der Waals surface area contributed by atoms with Crippen molar-refractivity contribution in [2.45, 2.75) is 17.9 Å². The molecule has 0 radical (unpaired) electrons. The van der Waals surface area contributed by atoms with E-state index in [-0.39, 0.29) is 17.5 Å². The standard InChI is InChI=1S/C10H16N4O3S/c1-13(7-10(15)14-4-2-3-5-14)18(16,17)9-6-11-8-12-9/h6,8H,2-5,7H2,1H3,(H,11,12). The lowest BCUT2D eigenvalue weighted by Gasteiger charge is -2.20. The average molecular weight is 272 g/mol. The van der Waals surface area contributed by atoms with E-state index in [1.54, 1.807) is 4.90 Å². The van der Waals surface area contributed by atoms with Gasteiger partial charge in [0.15, 0.2) is 5.03 Å². The van der Waals surface area contributed by atoms with E-state index in [9.17, 15) is 13.2 Å². The summed E-state index contributed by atoms with van der Waals surface area (Å²) in [6.07, 6.45) is 4.50. The Balaban J connectivity index is 2.03. The molecule has 0 unspecified atom stereocenters. The fraction of sp³-hybridized carbons (Fsp3) is 0.600. The van der Waals surface area contributed by atoms with Crippen molar-refractivity contribution >= 4 is 15.9 Å². The van der Waals surface area contributed by atoms with E-state index < -0.39 is 10.0 Å². The first-order valence-electron chi connectivity index (χ1n) is 5.74.